The minimum atomic E-state index is -5.21. The molecule has 268 valence electrons. The van der Waals surface area contributed by atoms with Crippen LogP contribution in [0.5, 0.6) is 0 Å². The van der Waals surface area contributed by atoms with E-state index in [1.807, 2.05) is 0 Å². The topological polar surface area (TPSA) is 131 Å². The summed E-state index contributed by atoms with van der Waals surface area (Å²) in [6.07, 6.45) is -10.3. The molecule has 0 radical (unpaired) electrons. The molecule has 1 fully saturated rings. The van der Waals surface area contributed by atoms with E-state index in [0.29, 0.717) is 17.7 Å². The highest BCUT2D eigenvalue weighted by Crippen LogP contribution is 2.38. The highest BCUT2D eigenvalue weighted by molar-refractivity contribution is 6.06. The number of nitrogens with one attached hydrogen (secondary N) is 3. The van der Waals surface area contributed by atoms with Crippen molar-refractivity contribution in [3.63, 3.8) is 0 Å². The van der Waals surface area contributed by atoms with Crippen LogP contribution in [0.4, 0.5) is 50.9 Å². The van der Waals surface area contributed by atoms with Gasteiger partial charge in [0.1, 0.15) is 6.54 Å². The zero-order chi connectivity index (χ0) is 36.7. The Morgan fingerprint density at radius 3 is 1.94 bits per heavy atom. The molecule has 3 aromatic carbocycles. The Balaban J connectivity index is 1.78. The summed E-state index contributed by atoms with van der Waals surface area (Å²) in [5.41, 5.74) is -2.56. The smallest absolute Gasteiger partial charge is 0.326 e. The maximum atomic E-state index is 13.6. The van der Waals surface area contributed by atoms with Gasteiger partial charge in [-0.25, -0.2) is 4.99 Å². The highest BCUT2D eigenvalue weighted by Gasteiger charge is 2.37. The number of hydrogen-bond acceptors (Lipinski definition) is 4. The number of rotatable bonds is 7. The summed E-state index contributed by atoms with van der Waals surface area (Å²) < 4.78 is 122. The molecule has 0 spiro atoms. The number of alkyl halides is 9. The average molecular weight is 715 g/mol. The number of nitrogens with two attached hydrogens (primary N) is 1. The molecule has 0 unspecified atom stereocenters. The molecule has 4 rings (SSSR count). The standard InChI is InChI=1S/C32H31F9N8O/c33-30(34,35)18-44-29(45-25-15-23(31(36,37)38)14-24(16-25)32(39,40)41)49(26-12-10-21(11-13-26)20-4-2-1-3-5-20)17-19-6-8-22(9-7-19)27(50)46-28(42)47-48-43/h6-16,20H,1-5,17-18H2,(H,44,45)(H4,42,43,46,47,50). The molecule has 0 bridgehead atoms. The zero-order valence-corrected chi connectivity index (χ0v) is 26.1. The summed E-state index contributed by atoms with van der Waals surface area (Å²) in [6.45, 7) is -2.11. The molecule has 3 aromatic rings. The van der Waals surface area contributed by atoms with E-state index in [2.05, 4.69) is 26.0 Å². The van der Waals surface area contributed by atoms with Crippen LogP contribution in [0.25, 0.3) is 0 Å². The number of halogens is 9. The Labute approximate surface area is 279 Å². The van der Waals surface area contributed by atoms with E-state index < -0.39 is 59.7 Å². The molecule has 1 aliphatic rings. The van der Waals surface area contributed by atoms with Crippen LogP contribution >= 0.6 is 0 Å². The van der Waals surface area contributed by atoms with Crippen molar-refractivity contribution in [3.8, 4) is 0 Å². The summed E-state index contributed by atoms with van der Waals surface area (Å²) in [4.78, 5) is 17.2. The molecule has 1 amide bonds. The van der Waals surface area contributed by atoms with Crippen LogP contribution in [0.3, 0.4) is 0 Å². The lowest BCUT2D eigenvalue weighted by Crippen LogP contribution is -2.37. The second-order valence-corrected chi connectivity index (χ2v) is 11.4. The summed E-state index contributed by atoms with van der Waals surface area (Å²) >= 11 is 0. The molecular weight excluding hydrogens is 683 g/mol. The zero-order valence-electron chi connectivity index (χ0n) is 26.1. The maximum Gasteiger partial charge on any atom is 0.416 e. The van der Waals surface area contributed by atoms with Gasteiger partial charge < -0.3 is 16.1 Å². The summed E-state index contributed by atoms with van der Waals surface area (Å²) in [5, 5.41) is 18.0. The monoisotopic (exact) mass is 714 g/mol. The normalized spacial score (nSPS) is 14.9. The Morgan fingerprint density at radius 2 is 1.42 bits per heavy atom. The fourth-order valence-electron chi connectivity index (χ4n) is 5.37. The van der Waals surface area contributed by atoms with Gasteiger partial charge in [-0.1, -0.05) is 53.9 Å². The first-order chi connectivity index (χ1) is 23.4. The van der Waals surface area contributed by atoms with Gasteiger partial charge in [0.05, 0.1) is 17.7 Å². The first-order valence-electron chi connectivity index (χ1n) is 15.1. The van der Waals surface area contributed by atoms with Crippen LogP contribution in [0.2, 0.25) is 0 Å². The van der Waals surface area contributed by atoms with Gasteiger partial charge >= 0.3 is 18.5 Å². The fourth-order valence-corrected chi connectivity index (χ4v) is 5.37. The molecule has 0 atom stereocenters. The van der Waals surface area contributed by atoms with Crippen molar-refractivity contribution in [2.75, 3.05) is 16.8 Å². The molecule has 0 saturated heterocycles. The van der Waals surface area contributed by atoms with Crippen molar-refractivity contribution in [1.82, 2.24) is 5.32 Å². The molecular formula is C32H31F9N8O. The predicted molar refractivity (Wildman–Crippen MR) is 168 cm³/mol. The van der Waals surface area contributed by atoms with Gasteiger partial charge in [-0.3, -0.25) is 15.5 Å². The highest BCUT2D eigenvalue weighted by atomic mass is 19.4. The number of anilines is 2. The second-order valence-electron chi connectivity index (χ2n) is 11.4. The van der Waals surface area contributed by atoms with E-state index in [1.54, 1.807) is 24.3 Å². The van der Waals surface area contributed by atoms with Crippen LogP contribution in [0, 0.1) is 5.41 Å². The minimum absolute atomic E-state index is 0.0434. The number of nitrogens with zero attached hydrogens (tertiary/aromatic N) is 4. The molecule has 5 N–H and O–H groups in total. The molecule has 1 saturated carbocycles. The van der Waals surface area contributed by atoms with Gasteiger partial charge in [0, 0.05) is 16.9 Å². The van der Waals surface area contributed by atoms with Crippen molar-refractivity contribution in [3.05, 3.63) is 94.5 Å². The molecule has 50 heavy (non-hydrogen) atoms. The molecule has 0 aromatic heterocycles. The predicted octanol–water partition coefficient (Wildman–Crippen LogP) is 8.80. The van der Waals surface area contributed by atoms with Gasteiger partial charge in [-0.15, -0.1) is 0 Å². The SMILES string of the molecule is N=C(/N=N\N)NC(=O)c1ccc(CN(/C(=N\CC(F)(F)F)Nc2cc(C(F)(F)F)cc(C(F)(F)F)c2)c2ccc(C3CCCCC3)cc2)cc1. The number of carbonyl (C=O) groups excluding carboxylic acids is 1. The molecule has 1 aliphatic carbocycles. The Kier molecular flexibility index (Phi) is 11.7. The first-order valence-corrected chi connectivity index (χ1v) is 15.1. The van der Waals surface area contributed by atoms with Gasteiger partial charge in [0.25, 0.3) is 5.91 Å². The summed E-state index contributed by atoms with van der Waals surface area (Å²) in [7, 11) is 0. The lowest BCUT2D eigenvalue weighted by Gasteiger charge is -2.29. The number of benzene rings is 3. The van der Waals surface area contributed by atoms with E-state index in [4.69, 9.17) is 11.3 Å². The van der Waals surface area contributed by atoms with Gasteiger partial charge in [-0.2, -0.15) is 39.5 Å². The first kappa shape index (κ1) is 37.7. The van der Waals surface area contributed by atoms with Crippen LogP contribution < -0.4 is 21.4 Å². The Bertz CT molecular complexity index is 1660. The van der Waals surface area contributed by atoms with Crippen molar-refractivity contribution >= 4 is 29.2 Å². The summed E-state index contributed by atoms with van der Waals surface area (Å²) in [6, 6.07) is 12.8. The van der Waals surface area contributed by atoms with E-state index >= 15 is 0 Å². The number of amides is 1. The van der Waals surface area contributed by atoms with E-state index in [9.17, 15) is 44.3 Å². The maximum absolute atomic E-state index is 13.6. The number of aliphatic imine (C=N–C) groups is 1. The van der Waals surface area contributed by atoms with Crippen LogP contribution in [0.15, 0.2) is 82.1 Å². The van der Waals surface area contributed by atoms with Crippen molar-refractivity contribution in [2.24, 2.45) is 21.2 Å². The van der Waals surface area contributed by atoms with E-state index in [1.165, 1.54) is 29.2 Å². The minimum Gasteiger partial charge on any atom is -0.326 e. The largest absolute Gasteiger partial charge is 0.416 e. The second kappa shape index (κ2) is 15.6. The Morgan fingerprint density at radius 1 is 0.840 bits per heavy atom. The van der Waals surface area contributed by atoms with Crippen LogP contribution in [0.1, 0.15) is 70.6 Å². The van der Waals surface area contributed by atoms with E-state index in [-0.39, 0.29) is 29.8 Å². The van der Waals surface area contributed by atoms with Crippen molar-refractivity contribution < 1.29 is 44.3 Å². The molecule has 0 aliphatic heterocycles. The van der Waals surface area contributed by atoms with Crippen LogP contribution in [-0.2, 0) is 18.9 Å². The molecule has 18 heteroatoms. The van der Waals surface area contributed by atoms with Crippen molar-refractivity contribution in [1.29, 1.82) is 5.41 Å². The third-order valence-corrected chi connectivity index (χ3v) is 7.74. The third-order valence-electron chi connectivity index (χ3n) is 7.74. The lowest BCUT2D eigenvalue weighted by molar-refractivity contribution is -0.143. The lowest BCUT2D eigenvalue weighted by atomic mass is 9.84. The molecule has 0 heterocycles. The third kappa shape index (κ3) is 10.7. The van der Waals surface area contributed by atoms with Gasteiger partial charge in [0.15, 0.2) is 0 Å². The van der Waals surface area contributed by atoms with Gasteiger partial charge in [-0.05, 0) is 72.4 Å². The quantitative estimate of drug-likeness (QED) is 0.0487. The number of guanidine groups is 2. The summed E-state index contributed by atoms with van der Waals surface area (Å²) in [5.74, 6) is 3.01. The number of hydrogen-bond donors (Lipinski definition) is 4. The number of carbonyl (C=O) groups is 1. The van der Waals surface area contributed by atoms with E-state index in [0.717, 1.165) is 37.7 Å². The average Bonchev–Trinajstić information content (AvgIpc) is 3.05. The van der Waals surface area contributed by atoms with Crippen LogP contribution in [-0.4, -0.2) is 30.5 Å². The van der Waals surface area contributed by atoms with Gasteiger partial charge in [0.2, 0.25) is 11.9 Å². The fraction of sp³-hybridized carbons (Fsp3) is 0.344. The molecule has 9 nitrogen and oxygen atoms in total. The van der Waals surface area contributed by atoms with Crippen molar-refractivity contribution in [2.45, 2.75) is 63.1 Å². The Hall–Kier alpha value is -5.16.